The molecule has 68 valence electrons. The Morgan fingerprint density at radius 1 is 1.67 bits per heavy atom. The number of thiazole rings is 1. The first-order valence-electron chi connectivity index (χ1n) is 3.41. The first kappa shape index (κ1) is 11.4. The fourth-order valence-corrected chi connectivity index (χ4v) is 1.52. The predicted molar refractivity (Wildman–Crippen MR) is 54.5 cm³/mol. The number of hydrogen-bond donors (Lipinski definition) is 2. The molecule has 12 heavy (non-hydrogen) atoms. The zero-order chi connectivity index (χ0) is 8.43. The van der Waals surface area contributed by atoms with E-state index >= 15 is 0 Å². The molecule has 5 heteroatoms. The molecule has 3 nitrogen and oxygen atoms in total. The number of nitrogens with zero attached hydrogens (tertiary/aromatic N) is 1. The zero-order valence-electron chi connectivity index (χ0n) is 7.00. The fourth-order valence-electron chi connectivity index (χ4n) is 0.675. The van der Waals surface area contributed by atoms with Crippen molar-refractivity contribution in [3.63, 3.8) is 0 Å². The van der Waals surface area contributed by atoms with Crippen molar-refractivity contribution in [3.05, 3.63) is 16.1 Å². The van der Waals surface area contributed by atoms with Crippen molar-refractivity contribution in [2.24, 2.45) is 5.73 Å². The molecule has 0 aliphatic carbocycles. The molecule has 0 unspecified atom stereocenters. The third-order valence-electron chi connectivity index (χ3n) is 1.34. The normalized spacial score (nSPS) is 9.58. The topological polar surface area (TPSA) is 62.8 Å². The predicted octanol–water partition coefficient (Wildman–Crippen LogP) is 1.97. The third-order valence-corrected chi connectivity index (χ3v) is 2.24. The quantitative estimate of drug-likeness (QED) is 0.573. The van der Waals surface area contributed by atoms with Crippen LogP contribution in [0.4, 0.5) is 0 Å². The van der Waals surface area contributed by atoms with Crippen molar-refractivity contribution in [2.75, 3.05) is 0 Å². The van der Waals surface area contributed by atoms with Crippen molar-refractivity contribution in [2.45, 2.75) is 19.8 Å². The van der Waals surface area contributed by atoms with Crippen LogP contribution in [-0.2, 0) is 0 Å². The van der Waals surface area contributed by atoms with Crippen LogP contribution >= 0.6 is 23.7 Å². The third kappa shape index (κ3) is 2.46. The average molecular weight is 206 g/mol. The van der Waals surface area contributed by atoms with E-state index in [2.05, 4.69) is 18.8 Å². The SMILES string of the molecule is CC(C)c1csc(C(=N)N)n1.Cl. The Morgan fingerprint density at radius 2 is 2.25 bits per heavy atom. The van der Waals surface area contributed by atoms with Gasteiger partial charge in [0.05, 0.1) is 5.69 Å². The molecular weight excluding hydrogens is 194 g/mol. The summed E-state index contributed by atoms with van der Waals surface area (Å²) >= 11 is 1.43. The first-order valence-corrected chi connectivity index (χ1v) is 4.29. The molecule has 1 aromatic heterocycles. The molecule has 0 aromatic carbocycles. The minimum absolute atomic E-state index is 0. The molecule has 0 aliphatic heterocycles. The molecule has 0 spiro atoms. The Labute approximate surface area is 81.9 Å². The van der Waals surface area contributed by atoms with Crippen LogP contribution in [0.1, 0.15) is 30.5 Å². The van der Waals surface area contributed by atoms with Crippen LogP contribution in [0.3, 0.4) is 0 Å². The summed E-state index contributed by atoms with van der Waals surface area (Å²) in [4.78, 5) is 4.18. The van der Waals surface area contributed by atoms with Crippen molar-refractivity contribution < 1.29 is 0 Å². The largest absolute Gasteiger partial charge is 0.382 e. The van der Waals surface area contributed by atoms with Crippen LogP contribution in [0.25, 0.3) is 0 Å². The van der Waals surface area contributed by atoms with Gasteiger partial charge in [-0.05, 0) is 5.92 Å². The van der Waals surface area contributed by atoms with E-state index in [1.54, 1.807) is 0 Å². The summed E-state index contributed by atoms with van der Waals surface area (Å²) in [6, 6.07) is 0. The van der Waals surface area contributed by atoms with Crippen molar-refractivity contribution in [1.29, 1.82) is 5.41 Å². The van der Waals surface area contributed by atoms with E-state index in [0.29, 0.717) is 10.9 Å². The van der Waals surface area contributed by atoms with E-state index in [0.717, 1.165) is 5.69 Å². The van der Waals surface area contributed by atoms with Crippen LogP contribution in [0.15, 0.2) is 5.38 Å². The van der Waals surface area contributed by atoms with Crippen LogP contribution < -0.4 is 5.73 Å². The summed E-state index contributed by atoms with van der Waals surface area (Å²) in [6.07, 6.45) is 0. The van der Waals surface area contributed by atoms with E-state index in [1.807, 2.05) is 5.38 Å². The van der Waals surface area contributed by atoms with Crippen LogP contribution in [0.5, 0.6) is 0 Å². The van der Waals surface area contributed by atoms with Gasteiger partial charge in [0.15, 0.2) is 10.8 Å². The molecule has 1 rings (SSSR count). The van der Waals surface area contributed by atoms with Gasteiger partial charge >= 0.3 is 0 Å². The highest BCUT2D eigenvalue weighted by Crippen LogP contribution is 2.16. The van der Waals surface area contributed by atoms with Crippen molar-refractivity contribution >= 4 is 29.6 Å². The highest BCUT2D eigenvalue weighted by atomic mass is 35.5. The highest BCUT2D eigenvalue weighted by Gasteiger charge is 2.06. The molecule has 0 bridgehead atoms. The molecular formula is C7H12ClN3S. The lowest BCUT2D eigenvalue weighted by Gasteiger charge is -1.96. The molecule has 0 radical (unpaired) electrons. The highest BCUT2D eigenvalue weighted by molar-refractivity contribution is 7.11. The monoisotopic (exact) mass is 205 g/mol. The Kier molecular flexibility index (Phi) is 4.20. The molecule has 3 N–H and O–H groups in total. The van der Waals surface area contributed by atoms with Gasteiger partial charge in [0.1, 0.15) is 0 Å². The molecule has 1 heterocycles. The van der Waals surface area contributed by atoms with Gasteiger partial charge in [-0.2, -0.15) is 0 Å². The second kappa shape index (κ2) is 4.42. The Balaban J connectivity index is 0.00000121. The summed E-state index contributed by atoms with van der Waals surface area (Å²) in [5, 5.41) is 9.68. The summed E-state index contributed by atoms with van der Waals surface area (Å²) < 4.78 is 0. The summed E-state index contributed by atoms with van der Waals surface area (Å²) in [7, 11) is 0. The number of nitrogen functional groups attached to an aromatic ring is 1. The second-order valence-corrected chi connectivity index (χ2v) is 3.50. The van der Waals surface area contributed by atoms with Gasteiger partial charge in [-0.1, -0.05) is 13.8 Å². The minimum Gasteiger partial charge on any atom is -0.382 e. The van der Waals surface area contributed by atoms with Gasteiger partial charge < -0.3 is 5.73 Å². The van der Waals surface area contributed by atoms with Gasteiger partial charge in [0, 0.05) is 5.38 Å². The van der Waals surface area contributed by atoms with E-state index < -0.39 is 0 Å². The first-order chi connectivity index (χ1) is 5.11. The smallest absolute Gasteiger partial charge is 0.158 e. The number of amidine groups is 1. The maximum absolute atomic E-state index is 7.12. The van der Waals surface area contributed by atoms with Crippen LogP contribution in [0, 0.1) is 5.41 Å². The van der Waals surface area contributed by atoms with Gasteiger partial charge in [-0.3, -0.25) is 5.41 Å². The van der Waals surface area contributed by atoms with Crippen LogP contribution in [-0.4, -0.2) is 10.8 Å². The Bertz CT molecular complexity index is 269. The number of hydrogen-bond acceptors (Lipinski definition) is 3. The number of nitrogens with two attached hydrogens (primary N) is 1. The zero-order valence-corrected chi connectivity index (χ0v) is 8.63. The van der Waals surface area contributed by atoms with E-state index in [4.69, 9.17) is 11.1 Å². The summed E-state index contributed by atoms with van der Waals surface area (Å²) in [5.41, 5.74) is 6.27. The van der Waals surface area contributed by atoms with Crippen molar-refractivity contribution in [1.82, 2.24) is 4.98 Å². The Hall–Kier alpha value is -0.610. The van der Waals surface area contributed by atoms with Gasteiger partial charge in [-0.25, -0.2) is 4.98 Å². The van der Waals surface area contributed by atoms with Gasteiger partial charge in [0.2, 0.25) is 0 Å². The van der Waals surface area contributed by atoms with Crippen LogP contribution in [0.2, 0.25) is 0 Å². The van der Waals surface area contributed by atoms with Crippen molar-refractivity contribution in [3.8, 4) is 0 Å². The minimum atomic E-state index is 0. The standard InChI is InChI=1S/C7H11N3S.ClH/c1-4(2)5-3-11-7(10-5)6(8)9;/h3-4H,1-2H3,(H3,8,9);1H. The maximum atomic E-state index is 7.12. The molecule has 0 saturated carbocycles. The Morgan fingerprint density at radius 3 is 2.50 bits per heavy atom. The lowest BCUT2D eigenvalue weighted by molar-refractivity contribution is 0.831. The maximum Gasteiger partial charge on any atom is 0.158 e. The van der Waals surface area contributed by atoms with Gasteiger partial charge in [-0.15, -0.1) is 23.7 Å². The number of aromatic nitrogens is 1. The molecule has 0 atom stereocenters. The van der Waals surface area contributed by atoms with E-state index in [1.165, 1.54) is 11.3 Å². The van der Waals surface area contributed by atoms with E-state index in [9.17, 15) is 0 Å². The van der Waals surface area contributed by atoms with E-state index in [-0.39, 0.29) is 18.2 Å². The molecule has 0 fully saturated rings. The lowest BCUT2D eigenvalue weighted by atomic mass is 10.2. The summed E-state index contributed by atoms with van der Waals surface area (Å²) in [6.45, 7) is 4.14. The molecule has 1 aromatic rings. The fraction of sp³-hybridized carbons (Fsp3) is 0.429. The lowest BCUT2D eigenvalue weighted by Crippen LogP contribution is -2.10. The molecule has 0 amide bonds. The second-order valence-electron chi connectivity index (χ2n) is 2.65. The average Bonchev–Trinajstić information content (AvgIpc) is 2.33. The number of halogens is 1. The number of nitrogens with one attached hydrogen (secondary N) is 1. The number of rotatable bonds is 2. The van der Waals surface area contributed by atoms with Gasteiger partial charge in [0.25, 0.3) is 0 Å². The molecule has 0 aliphatic rings. The molecule has 0 saturated heterocycles. The summed E-state index contributed by atoms with van der Waals surface area (Å²) in [5.74, 6) is 0.473.